The molecule has 0 radical (unpaired) electrons. The zero-order chi connectivity index (χ0) is 42.2. The van der Waals surface area contributed by atoms with E-state index in [9.17, 15) is 0 Å². The molecular formula is C62H42N2. The lowest BCUT2D eigenvalue weighted by Gasteiger charge is -2.34. The first kappa shape index (κ1) is 36.5. The Balaban J connectivity index is 0.948. The first-order valence-corrected chi connectivity index (χ1v) is 22.3. The molecule has 9 aromatic carbocycles. The van der Waals surface area contributed by atoms with E-state index < -0.39 is 5.41 Å². The summed E-state index contributed by atoms with van der Waals surface area (Å²) in [5.74, 6) is 0.196. The first-order chi connectivity index (χ1) is 31.7. The molecule has 0 saturated carbocycles. The molecule has 2 bridgehead atoms. The molecule has 1 unspecified atom stereocenters. The van der Waals surface area contributed by atoms with Gasteiger partial charge in [-0.15, -0.1) is 0 Å². The maximum absolute atomic E-state index is 2.48. The van der Waals surface area contributed by atoms with Crippen molar-refractivity contribution < 1.29 is 0 Å². The Kier molecular flexibility index (Phi) is 8.23. The van der Waals surface area contributed by atoms with Crippen LogP contribution in [0, 0.1) is 0 Å². The van der Waals surface area contributed by atoms with Gasteiger partial charge in [0.15, 0.2) is 0 Å². The number of fused-ring (bicyclic) bond motifs is 13. The van der Waals surface area contributed by atoms with E-state index >= 15 is 0 Å². The number of hydrogen-bond donors (Lipinski definition) is 0. The normalized spacial score (nSPS) is 15.4. The number of anilines is 5. The van der Waals surface area contributed by atoms with E-state index in [1.54, 1.807) is 0 Å². The van der Waals surface area contributed by atoms with Crippen LogP contribution in [0.3, 0.4) is 0 Å². The van der Waals surface area contributed by atoms with Crippen molar-refractivity contribution in [3.05, 3.63) is 282 Å². The average Bonchev–Trinajstić information content (AvgIpc) is 3.72. The third-order valence-corrected chi connectivity index (χ3v) is 13.9. The van der Waals surface area contributed by atoms with Crippen molar-refractivity contribution in [2.75, 3.05) is 9.80 Å². The molecule has 3 aliphatic carbocycles. The van der Waals surface area contributed by atoms with E-state index in [1.165, 1.54) is 83.7 Å². The van der Waals surface area contributed by atoms with Gasteiger partial charge in [0.1, 0.15) is 0 Å². The van der Waals surface area contributed by atoms with E-state index in [-0.39, 0.29) is 5.92 Å². The molecule has 0 N–H and O–H groups in total. The SMILES string of the molecule is C1=CC2=CC(C=C1)c1cc(-c3ccc(N(c4ccc(-c5ccccc5)cc4)c4ccc5c(c4)C4(c6ccccc6-c6ccccc64)c4ccccc4-5)cc3)ccc1N2c1ccccc1. The molecule has 9 aromatic rings. The third-order valence-electron chi connectivity index (χ3n) is 13.9. The molecule has 0 aromatic heterocycles. The minimum atomic E-state index is -0.428. The van der Waals surface area contributed by atoms with Crippen molar-refractivity contribution in [1.82, 2.24) is 0 Å². The molecule has 1 heterocycles. The minimum Gasteiger partial charge on any atom is -0.310 e. The van der Waals surface area contributed by atoms with E-state index in [1.807, 2.05) is 0 Å². The van der Waals surface area contributed by atoms with Gasteiger partial charge in [0, 0.05) is 34.4 Å². The van der Waals surface area contributed by atoms with Crippen LogP contribution in [-0.4, -0.2) is 0 Å². The number of hydrogen-bond acceptors (Lipinski definition) is 2. The molecule has 300 valence electrons. The highest BCUT2D eigenvalue weighted by molar-refractivity contribution is 5.96. The van der Waals surface area contributed by atoms with Crippen molar-refractivity contribution in [3.63, 3.8) is 0 Å². The lowest BCUT2D eigenvalue weighted by Crippen LogP contribution is -2.26. The second-order valence-electron chi connectivity index (χ2n) is 17.2. The molecule has 1 atom stereocenters. The van der Waals surface area contributed by atoms with Crippen LogP contribution in [-0.2, 0) is 5.41 Å². The van der Waals surface area contributed by atoms with Crippen molar-refractivity contribution in [2.45, 2.75) is 11.3 Å². The van der Waals surface area contributed by atoms with Gasteiger partial charge >= 0.3 is 0 Å². The summed E-state index contributed by atoms with van der Waals surface area (Å²) < 4.78 is 0. The van der Waals surface area contributed by atoms with Crippen LogP contribution in [0.1, 0.15) is 33.7 Å². The molecule has 2 nitrogen and oxygen atoms in total. The molecule has 0 fully saturated rings. The Morgan fingerprint density at radius 2 is 0.891 bits per heavy atom. The Hall–Kier alpha value is -8.20. The van der Waals surface area contributed by atoms with Gasteiger partial charge in [0.05, 0.1) is 11.1 Å². The Labute approximate surface area is 374 Å². The van der Waals surface area contributed by atoms with Gasteiger partial charge in [-0.1, -0.05) is 176 Å². The van der Waals surface area contributed by atoms with Crippen LogP contribution in [0.25, 0.3) is 44.5 Å². The van der Waals surface area contributed by atoms with Crippen molar-refractivity contribution in [3.8, 4) is 44.5 Å². The highest BCUT2D eigenvalue weighted by Gasteiger charge is 2.51. The average molecular weight is 815 g/mol. The third kappa shape index (κ3) is 5.46. The predicted octanol–water partition coefficient (Wildman–Crippen LogP) is 16.1. The van der Waals surface area contributed by atoms with Gasteiger partial charge < -0.3 is 9.80 Å². The second-order valence-corrected chi connectivity index (χ2v) is 17.2. The number of benzene rings is 9. The Morgan fingerprint density at radius 1 is 0.391 bits per heavy atom. The molecule has 1 aliphatic heterocycles. The monoisotopic (exact) mass is 814 g/mol. The van der Waals surface area contributed by atoms with Gasteiger partial charge in [-0.3, -0.25) is 0 Å². The zero-order valence-corrected chi connectivity index (χ0v) is 35.1. The molecule has 2 heteroatoms. The Morgan fingerprint density at radius 3 is 1.52 bits per heavy atom. The van der Waals surface area contributed by atoms with Gasteiger partial charge in [-0.2, -0.15) is 0 Å². The molecule has 64 heavy (non-hydrogen) atoms. The van der Waals surface area contributed by atoms with Crippen molar-refractivity contribution >= 4 is 28.4 Å². The summed E-state index contributed by atoms with van der Waals surface area (Å²) in [5.41, 5.74) is 23.2. The lowest BCUT2D eigenvalue weighted by molar-refractivity contribution is 0.793. The summed E-state index contributed by atoms with van der Waals surface area (Å²) in [6.07, 6.45) is 11.2. The number of rotatable bonds is 6. The van der Waals surface area contributed by atoms with Gasteiger partial charge in [-0.25, -0.2) is 0 Å². The molecule has 4 aliphatic rings. The predicted molar refractivity (Wildman–Crippen MR) is 266 cm³/mol. The Bertz CT molecular complexity index is 3310. The topological polar surface area (TPSA) is 6.48 Å². The number of allylic oxidation sites excluding steroid dienone is 5. The largest absolute Gasteiger partial charge is 0.310 e. The smallest absolute Gasteiger partial charge is 0.0726 e. The van der Waals surface area contributed by atoms with Crippen LogP contribution in [0.15, 0.2) is 254 Å². The minimum absolute atomic E-state index is 0.196. The van der Waals surface area contributed by atoms with E-state index in [4.69, 9.17) is 0 Å². The van der Waals surface area contributed by atoms with Crippen molar-refractivity contribution in [2.24, 2.45) is 0 Å². The van der Waals surface area contributed by atoms with Crippen LogP contribution in [0.5, 0.6) is 0 Å². The standard InChI is InChI=1S/C62H42N2/c1-3-15-42(16-4-1)43-27-32-48(33-28-43)63(49-34-29-44(30-35-49)45-31-38-61-56(40-45)46-17-7-8-20-50(39-46)64(61)47-18-5-2-6-19-47)51-36-37-55-54-23-11-14-26-59(54)62(60(55)41-51)57-24-12-9-21-52(57)53-22-10-13-25-58(53)62/h1-41,46H. The summed E-state index contributed by atoms with van der Waals surface area (Å²) in [6, 6.07) is 80.8. The summed E-state index contributed by atoms with van der Waals surface area (Å²) in [6.45, 7) is 0. The van der Waals surface area contributed by atoms with Crippen LogP contribution < -0.4 is 9.80 Å². The fraction of sp³-hybridized carbons (Fsp3) is 0.0323. The molecule has 0 saturated heterocycles. The molecule has 13 rings (SSSR count). The van der Waals surface area contributed by atoms with Gasteiger partial charge in [-0.05, 0) is 145 Å². The maximum atomic E-state index is 2.48. The fourth-order valence-electron chi connectivity index (χ4n) is 11.1. The van der Waals surface area contributed by atoms with Crippen molar-refractivity contribution in [1.29, 1.82) is 0 Å². The van der Waals surface area contributed by atoms with Gasteiger partial charge in [0.2, 0.25) is 0 Å². The van der Waals surface area contributed by atoms with Crippen LogP contribution >= 0.6 is 0 Å². The second kappa shape index (κ2) is 14.4. The van der Waals surface area contributed by atoms with Crippen LogP contribution in [0.4, 0.5) is 28.4 Å². The first-order valence-electron chi connectivity index (χ1n) is 22.3. The molecule has 1 spiro atoms. The highest BCUT2D eigenvalue weighted by atomic mass is 15.2. The number of para-hydroxylation sites is 1. The summed E-state index contributed by atoms with van der Waals surface area (Å²) >= 11 is 0. The zero-order valence-electron chi connectivity index (χ0n) is 35.1. The quantitative estimate of drug-likeness (QED) is 0.165. The van der Waals surface area contributed by atoms with E-state index in [2.05, 4.69) is 259 Å². The molecule has 0 amide bonds. The van der Waals surface area contributed by atoms with E-state index in [0.29, 0.717) is 0 Å². The van der Waals surface area contributed by atoms with Crippen LogP contribution in [0.2, 0.25) is 0 Å². The maximum Gasteiger partial charge on any atom is 0.0726 e. The fourth-order valence-corrected chi connectivity index (χ4v) is 11.1. The summed E-state index contributed by atoms with van der Waals surface area (Å²) in [4.78, 5) is 4.81. The number of nitrogens with zero attached hydrogens (tertiary/aromatic N) is 2. The summed E-state index contributed by atoms with van der Waals surface area (Å²) in [5, 5.41) is 0. The highest BCUT2D eigenvalue weighted by Crippen LogP contribution is 2.63. The van der Waals surface area contributed by atoms with E-state index in [0.717, 1.165) is 22.7 Å². The molecular weight excluding hydrogens is 773 g/mol. The summed E-state index contributed by atoms with van der Waals surface area (Å²) in [7, 11) is 0. The lowest BCUT2D eigenvalue weighted by atomic mass is 9.70. The van der Waals surface area contributed by atoms with Gasteiger partial charge in [0.25, 0.3) is 0 Å².